The maximum absolute atomic E-state index is 14.3. The Balaban J connectivity index is 0.00000242. The molecule has 0 saturated heterocycles. The largest absolute Gasteiger partial charge is 0.347 e. The molecule has 2 rings (SSSR count). The van der Waals surface area contributed by atoms with Gasteiger partial charge in [-0.2, -0.15) is 0 Å². The average molecular weight is 330 g/mol. The van der Waals surface area contributed by atoms with Crippen molar-refractivity contribution in [2.45, 2.75) is 32.7 Å². The number of amides is 2. The minimum absolute atomic E-state index is 0. The summed E-state index contributed by atoms with van der Waals surface area (Å²) in [5.41, 5.74) is 1.75. The molecule has 22 heavy (non-hydrogen) atoms. The SMILES string of the molecule is CCCC(=O)NCC(=O)Nc1ccc2c(c1F)CCNC2.Cl. The van der Waals surface area contributed by atoms with E-state index in [0.717, 1.165) is 18.5 Å². The van der Waals surface area contributed by atoms with Gasteiger partial charge >= 0.3 is 0 Å². The van der Waals surface area contributed by atoms with Crippen LogP contribution < -0.4 is 16.0 Å². The van der Waals surface area contributed by atoms with Crippen LogP contribution in [-0.2, 0) is 22.6 Å². The van der Waals surface area contributed by atoms with E-state index in [9.17, 15) is 14.0 Å². The molecule has 1 aromatic carbocycles. The molecule has 1 aliphatic heterocycles. The number of hydrogen-bond donors (Lipinski definition) is 3. The Labute approximate surface area is 135 Å². The van der Waals surface area contributed by atoms with E-state index < -0.39 is 5.91 Å². The Morgan fingerprint density at radius 2 is 2.09 bits per heavy atom. The molecule has 1 aromatic rings. The van der Waals surface area contributed by atoms with Crippen LogP contribution in [0.15, 0.2) is 12.1 Å². The summed E-state index contributed by atoms with van der Waals surface area (Å²) in [7, 11) is 0. The van der Waals surface area contributed by atoms with E-state index in [2.05, 4.69) is 16.0 Å². The van der Waals surface area contributed by atoms with Crippen molar-refractivity contribution in [1.29, 1.82) is 0 Å². The van der Waals surface area contributed by atoms with Gasteiger partial charge in [0, 0.05) is 13.0 Å². The van der Waals surface area contributed by atoms with Gasteiger partial charge in [0.05, 0.1) is 12.2 Å². The number of anilines is 1. The summed E-state index contributed by atoms with van der Waals surface area (Å²) in [6, 6.07) is 3.38. The molecule has 2 amide bonds. The van der Waals surface area contributed by atoms with Crippen LogP contribution in [0.25, 0.3) is 0 Å². The Morgan fingerprint density at radius 1 is 1.32 bits per heavy atom. The molecule has 0 atom stereocenters. The van der Waals surface area contributed by atoms with Crippen molar-refractivity contribution in [3.05, 3.63) is 29.1 Å². The van der Waals surface area contributed by atoms with Crippen LogP contribution >= 0.6 is 12.4 Å². The van der Waals surface area contributed by atoms with Crippen LogP contribution in [-0.4, -0.2) is 24.9 Å². The van der Waals surface area contributed by atoms with E-state index in [4.69, 9.17) is 0 Å². The zero-order valence-electron chi connectivity index (χ0n) is 12.5. The first-order chi connectivity index (χ1) is 10.1. The standard InChI is InChI=1S/C15H20FN3O2.ClH/c1-2-3-13(20)18-9-14(21)19-12-5-4-10-8-17-7-6-11(10)15(12)16;/h4-5,17H,2-3,6-9H2,1H3,(H,18,20)(H,19,21);1H. The summed E-state index contributed by atoms with van der Waals surface area (Å²) in [5, 5.41) is 8.18. The minimum Gasteiger partial charge on any atom is -0.347 e. The fraction of sp³-hybridized carbons (Fsp3) is 0.467. The lowest BCUT2D eigenvalue weighted by molar-refractivity contribution is -0.124. The van der Waals surface area contributed by atoms with E-state index in [0.29, 0.717) is 24.9 Å². The summed E-state index contributed by atoms with van der Waals surface area (Å²) in [4.78, 5) is 23.0. The first kappa shape index (κ1) is 18.4. The van der Waals surface area contributed by atoms with Gasteiger partial charge in [-0.3, -0.25) is 9.59 Å². The lowest BCUT2D eigenvalue weighted by atomic mass is 9.99. The van der Waals surface area contributed by atoms with Crippen LogP contribution in [0.4, 0.5) is 10.1 Å². The normalized spacial score (nSPS) is 12.8. The highest BCUT2D eigenvalue weighted by atomic mass is 35.5. The number of carbonyl (C=O) groups excluding carboxylic acids is 2. The first-order valence-electron chi connectivity index (χ1n) is 7.19. The zero-order valence-corrected chi connectivity index (χ0v) is 13.3. The molecule has 0 unspecified atom stereocenters. The summed E-state index contributed by atoms with van der Waals surface area (Å²) >= 11 is 0. The molecule has 5 nitrogen and oxygen atoms in total. The summed E-state index contributed by atoms with van der Waals surface area (Å²) in [5.74, 6) is -0.973. The van der Waals surface area contributed by atoms with E-state index >= 15 is 0 Å². The van der Waals surface area contributed by atoms with Gasteiger partial charge in [0.15, 0.2) is 0 Å². The molecule has 0 fully saturated rings. The molecular weight excluding hydrogens is 309 g/mol. The lowest BCUT2D eigenvalue weighted by Gasteiger charge is -2.19. The van der Waals surface area contributed by atoms with Gasteiger partial charge in [0.1, 0.15) is 5.82 Å². The zero-order chi connectivity index (χ0) is 15.2. The Hall–Kier alpha value is -1.66. The van der Waals surface area contributed by atoms with E-state index in [-0.39, 0.29) is 36.4 Å². The van der Waals surface area contributed by atoms with Gasteiger partial charge < -0.3 is 16.0 Å². The van der Waals surface area contributed by atoms with Crippen LogP contribution in [0.5, 0.6) is 0 Å². The van der Waals surface area contributed by atoms with Gasteiger partial charge in [0.2, 0.25) is 11.8 Å². The number of carbonyl (C=O) groups is 2. The van der Waals surface area contributed by atoms with Crippen molar-refractivity contribution in [2.24, 2.45) is 0 Å². The van der Waals surface area contributed by atoms with E-state index in [1.807, 2.05) is 13.0 Å². The highest BCUT2D eigenvalue weighted by Crippen LogP contribution is 2.24. The topological polar surface area (TPSA) is 70.2 Å². The number of rotatable bonds is 5. The minimum atomic E-state index is -0.424. The van der Waals surface area contributed by atoms with Crippen molar-refractivity contribution in [3.8, 4) is 0 Å². The van der Waals surface area contributed by atoms with E-state index in [1.54, 1.807) is 6.07 Å². The first-order valence-corrected chi connectivity index (χ1v) is 7.19. The average Bonchev–Trinajstić information content (AvgIpc) is 2.49. The molecule has 7 heteroatoms. The maximum Gasteiger partial charge on any atom is 0.243 e. The highest BCUT2D eigenvalue weighted by Gasteiger charge is 2.17. The van der Waals surface area contributed by atoms with E-state index in [1.165, 1.54) is 0 Å². The smallest absolute Gasteiger partial charge is 0.243 e. The van der Waals surface area contributed by atoms with Gasteiger partial charge in [-0.05, 0) is 36.6 Å². The third-order valence-electron chi connectivity index (χ3n) is 3.40. The summed E-state index contributed by atoms with van der Waals surface area (Å²) < 4.78 is 14.3. The molecule has 1 heterocycles. The fourth-order valence-electron chi connectivity index (χ4n) is 2.32. The third-order valence-corrected chi connectivity index (χ3v) is 3.40. The lowest BCUT2D eigenvalue weighted by Crippen LogP contribution is -2.33. The molecule has 0 spiro atoms. The van der Waals surface area contributed by atoms with Gasteiger partial charge in [-0.15, -0.1) is 12.4 Å². The Kier molecular flexibility index (Phi) is 7.27. The Bertz CT molecular complexity index is 552. The number of fused-ring (bicyclic) bond motifs is 1. The van der Waals surface area contributed by atoms with Crippen molar-refractivity contribution in [2.75, 3.05) is 18.4 Å². The maximum atomic E-state index is 14.3. The second kappa shape index (κ2) is 8.70. The number of benzene rings is 1. The summed E-state index contributed by atoms with van der Waals surface area (Å²) in [6.45, 7) is 3.12. The summed E-state index contributed by atoms with van der Waals surface area (Å²) in [6.07, 6.45) is 1.71. The molecule has 0 aromatic heterocycles. The van der Waals surface area contributed by atoms with Crippen LogP contribution in [0, 0.1) is 5.82 Å². The molecule has 0 bridgehead atoms. The van der Waals surface area contributed by atoms with Crippen molar-refractivity contribution in [3.63, 3.8) is 0 Å². The molecule has 122 valence electrons. The van der Waals surface area contributed by atoms with Crippen LogP contribution in [0.1, 0.15) is 30.9 Å². The fourth-order valence-corrected chi connectivity index (χ4v) is 2.32. The monoisotopic (exact) mass is 329 g/mol. The van der Waals surface area contributed by atoms with Crippen molar-refractivity contribution in [1.82, 2.24) is 10.6 Å². The molecule has 0 aliphatic carbocycles. The highest BCUT2D eigenvalue weighted by molar-refractivity contribution is 5.94. The predicted molar refractivity (Wildman–Crippen MR) is 85.6 cm³/mol. The third kappa shape index (κ3) is 4.68. The molecule has 0 saturated carbocycles. The quantitative estimate of drug-likeness (QED) is 0.770. The molecule has 3 N–H and O–H groups in total. The van der Waals surface area contributed by atoms with Crippen LogP contribution in [0.3, 0.4) is 0 Å². The molecule has 1 aliphatic rings. The Morgan fingerprint density at radius 3 is 2.82 bits per heavy atom. The predicted octanol–water partition coefficient (Wildman–Crippen LogP) is 1.75. The second-order valence-electron chi connectivity index (χ2n) is 5.07. The number of nitrogens with one attached hydrogen (secondary N) is 3. The van der Waals surface area contributed by atoms with Gasteiger partial charge in [-0.25, -0.2) is 4.39 Å². The van der Waals surface area contributed by atoms with Gasteiger partial charge in [0.25, 0.3) is 0 Å². The molecule has 0 radical (unpaired) electrons. The van der Waals surface area contributed by atoms with Crippen molar-refractivity contribution < 1.29 is 14.0 Å². The number of halogens is 2. The van der Waals surface area contributed by atoms with Crippen molar-refractivity contribution >= 4 is 29.9 Å². The van der Waals surface area contributed by atoms with Crippen LogP contribution in [0.2, 0.25) is 0 Å². The number of hydrogen-bond acceptors (Lipinski definition) is 3. The second-order valence-corrected chi connectivity index (χ2v) is 5.07. The molecular formula is C15H21ClFN3O2. The van der Waals surface area contributed by atoms with Gasteiger partial charge in [-0.1, -0.05) is 13.0 Å².